The zero-order valence-electron chi connectivity index (χ0n) is 9.25. The zero-order chi connectivity index (χ0) is 12.3. The van der Waals surface area contributed by atoms with E-state index in [4.69, 9.17) is 5.73 Å². The lowest BCUT2D eigenvalue weighted by molar-refractivity contribution is -0.168. The molecule has 2 N–H and O–H groups in total. The summed E-state index contributed by atoms with van der Waals surface area (Å²) in [6.45, 7) is 3.01. The molecule has 0 bridgehead atoms. The lowest BCUT2D eigenvalue weighted by atomic mass is 10.3. The summed E-state index contributed by atoms with van der Waals surface area (Å²) in [6, 6.07) is -1.78. The zero-order valence-corrected chi connectivity index (χ0v) is 9.25. The minimum atomic E-state index is -4.39. The van der Waals surface area contributed by atoms with Crippen LogP contribution in [-0.2, 0) is 12.8 Å². The van der Waals surface area contributed by atoms with Crippen LogP contribution in [0.15, 0.2) is 0 Å². The molecule has 0 aliphatic rings. The highest BCUT2D eigenvalue weighted by Crippen LogP contribution is 2.30. The molecule has 0 radical (unpaired) electrons. The fourth-order valence-electron chi connectivity index (χ4n) is 1.42. The molecule has 1 heterocycles. The van der Waals surface area contributed by atoms with Crippen LogP contribution in [0.1, 0.15) is 31.5 Å². The molecule has 0 saturated carbocycles. The second kappa shape index (κ2) is 4.82. The summed E-state index contributed by atoms with van der Waals surface area (Å²) in [6.07, 6.45) is -3.48. The Balaban J connectivity index is 3.13. The van der Waals surface area contributed by atoms with Gasteiger partial charge in [-0.25, -0.2) is 9.67 Å². The van der Waals surface area contributed by atoms with Crippen molar-refractivity contribution in [2.24, 2.45) is 5.73 Å². The molecule has 0 spiro atoms. The molecular weight excluding hydrogens is 221 g/mol. The molecule has 92 valence electrons. The molecule has 0 aliphatic heterocycles. The second-order valence-corrected chi connectivity index (χ2v) is 3.39. The van der Waals surface area contributed by atoms with Crippen molar-refractivity contribution in [1.82, 2.24) is 14.8 Å². The van der Waals surface area contributed by atoms with E-state index >= 15 is 0 Å². The Morgan fingerprint density at radius 2 is 1.94 bits per heavy atom. The second-order valence-electron chi connectivity index (χ2n) is 3.39. The number of aryl methyl sites for hydroxylation is 2. The third-order valence-corrected chi connectivity index (χ3v) is 2.27. The standard InChI is InChI=1S/C9H15F3N4/c1-3-7-14-8(4-2)16(15-7)6(5-13)9(10,11)12/h6H,3-5,13H2,1-2H3. The van der Waals surface area contributed by atoms with Gasteiger partial charge < -0.3 is 5.73 Å². The Bertz CT molecular complexity index is 345. The fraction of sp³-hybridized carbons (Fsp3) is 0.778. The summed E-state index contributed by atoms with van der Waals surface area (Å²) in [5.74, 6) is 0.740. The number of nitrogens with two attached hydrogens (primary N) is 1. The van der Waals surface area contributed by atoms with Crippen LogP contribution < -0.4 is 5.73 Å². The quantitative estimate of drug-likeness (QED) is 0.861. The van der Waals surface area contributed by atoms with Gasteiger partial charge >= 0.3 is 6.18 Å². The Morgan fingerprint density at radius 3 is 2.31 bits per heavy atom. The molecular formula is C9H15F3N4. The van der Waals surface area contributed by atoms with Crippen LogP contribution in [0.5, 0.6) is 0 Å². The Hall–Kier alpha value is -1.11. The van der Waals surface area contributed by atoms with Gasteiger partial charge in [-0.15, -0.1) is 0 Å². The summed E-state index contributed by atoms with van der Waals surface area (Å²) < 4.78 is 38.9. The highest BCUT2D eigenvalue weighted by molar-refractivity contribution is 4.96. The van der Waals surface area contributed by atoms with Crippen molar-refractivity contribution in [3.8, 4) is 0 Å². The lowest BCUT2D eigenvalue weighted by Gasteiger charge is -2.19. The number of hydrogen-bond acceptors (Lipinski definition) is 3. The van der Waals surface area contributed by atoms with Gasteiger partial charge in [-0.1, -0.05) is 13.8 Å². The Labute approximate surface area is 91.6 Å². The average Bonchev–Trinajstić information content (AvgIpc) is 2.60. The number of hydrogen-bond donors (Lipinski definition) is 1. The maximum absolute atomic E-state index is 12.7. The van der Waals surface area contributed by atoms with E-state index < -0.39 is 18.8 Å². The molecule has 0 amide bonds. The van der Waals surface area contributed by atoms with Gasteiger partial charge in [0.15, 0.2) is 11.9 Å². The SMILES string of the molecule is CCc1nc(CC)n(C(CN)C(F)(F)F)n1. The van der Waals surface area contributed by atoms with Crippen molar-refractivity contribution in [2.75, 3.05) is 6.54 Å². The molecule has 16 heavy (non-hydrogen) atoms. The van der Waals surface area contributed by atoms with Crippen LogP contribution in [0.2, 0.25) is 0 Å². The van der Waals surface area contributed by atoms with Crippen LogP contribution in [0.3, 0.4) is 0 Å². The predicted octanol–water partition coefficient (Wildman–Crippen LogP) is 1.46. The number of alkyl halides is 3. The third-order valence-electron chi connectivity index (χ3n) is 2.27. The molecule has 1 atom stereocenters. The molecule has 1 aromatic heterocycles. The summed E-state index contributed by atoms with van der Waals surface area (Å²) in [5.41, 5.74) is 5.16. The summed E-state index contributed by atoms with van der Waals surface area (Å²) >= 11 is 0. The molecule has 7 heteroatoms. The first kappa shape index (κ1) is 13.0. The van der Waals surface area contributed by atoms with Crippen molar-refractivity contribution in [1.29, 1.82) is 0 Å². The highest BCUT2D eigenvalue weighted by atomic mass is 19.4. The van der Waals surface area contributed by atoms with E-state index in [-0.39, 0.29) is 0 Å². The summed E-state index contributed by atoms with van der Waals surface area (Å²) in [5, 5.41) is 3.84. The van der Waals surface area contributed by atoms with E-state index in [0.29, 0.717) is 24.5 Å². The average molecular weight is 236 g/mol. The first-order valence-electron chi connectivity index (χ1n) is 5.15. The largest absolute Gasteiger partial charge is 0.412 e. The van der Waals surface area contributed by atoms with Gasteiger partial charge in [-0.05, 0) is 0 Å². The van der Waals surface area contributed by atoms with E-state index in [1.165, 1.54) is 0 Å². The Morgan fingerprint density at radius 1 is 1.31 bits per heavy atom. The van der Waals surface area contributed by atoms with Crippen molar-refractivity contribution in [2.45, 2.75) is 38.9 Å². The minimum Gasteiger partial charge on any atom is -0.328 e. The molecule has 1 rings (SSSR count). The number of nitrogens with zero attached hydrogens (tertiary/aromatic N) is 3. The van der Waals surface area contributed by atoms with Crippen LogP contribution in [0.4, 0.5) is 13.2 Å². The van der Waals surface area contributed by atoms with E-state index in [0.717, 1.165) is 4.68 Å². The van der Waals surface area contributed by atoms with Gasteiger partial charge in [0.25, 0.3) is 0 Å². The van der Waals surface area contributed by atoms with Crippen molar-refractivity contribution in [3.05, 3.63) is 11.6 Å². The first-order valence-corrected chi connectivity index (χ1v) is 5.15. The Kier molecular flexibility index (Phi) is 3.90. The maximum atomic E-state index is 12.7. The fourth-order valence-corrected chi connectivity index (χ4v) is 1.42. The molecule has 0 aromatic carbocycles. The van der Waals surface area contributed by atoms with Gasteiger partial charge in [-0.3, -0.25) is 0 Å². The number of aromatic nitrogens is 3. The van der Waals surface area contributed by atoms with E-state index in [1.54, 1.807) is 13.8 Å². The van der Waals surface area contributed by atoms with Crippen molar-refractivity contribution < 1.29 is 13.2 Å². The molecule has 4 nitrogen and oxygen atoms in total. The highest BCUT2D eigenvalue weighted by Gasteiger charge is 2.41. The van der Waals surface area contributed by atoms with Gasteiger partial charge in [0.1, 0.15) is 5.82 Å². The molecule has 0 saturated heterocycles. The van der Waals surface area contributed by atoms with E-state index in [9.17, 15) is 13.2 Å². The number of halogens is 3. The van der Waals surface area contributed by atoms with E-state index in [2.05, 4.69) is 10.1 Å². The van der Waals surface area contributed by atoms with Crippen molar-refractivity contribution in [3.63, 3.8) is 0 Å². The van der Waals surface area contributed by atoms with Gasteiger partial charge in [-0.2, -0.15) is 18.3 Å². The molecule has 1 aromatic rings. The van der Waals surface area contributed by atoms with Crippen molar-refractivity contribution >= 4 is 0 Å². The monoisotopic (exact) mass is 236 g/mol. The third kappa shape index (κ3) is 2.52. The van der Waals surface area contributed by atoms with Crippen LogP contribution in [0.25, 0.3) is 0 Å². The van der Waals surface area contributed by atoms with Crippen LogP contribution >= 0.6 is 0 Å². The maximum Gasteiger partial charge on any atom is 0.412 e. The smallest absolute Gasteiger partial charge is 0.328 e. The van der Waals surface area contributed by atoms with Crippen LogP contribution in [-0.4, -0.2) is 27.5 Å². The summed E-state index contributed by atoms with van der Waals surface area (Å²) in [7, 11) is 0. The molecule has 1 unspecified atom stereocenters. The normalized spacial score (nSPS) is 14.1. The van der Waals surface area contributed by atoms with Gasteiger partial charge in [0.05, 0.1) is 0 Å². The molecule has 0 aliphatic carbocycles. The topological polar surface area (TPSA) is 56.7 Å². The van der Waals surface area contributed by atoms with E-state index in [1.807, 2.05) is 0 Å². The number of rotatable bonds is 4. The molecule has 0 fully saturated rings. The summed E-state index contributed by atoms with van der Waals surface area (Å²) in [4.78, 5) is 4.03. The van der Waals surface area contributed by atoms with Crippen LogP contribution in [0, 0.1) is 0 Å². The first-order chi connectivity index (χ1) is 7.43. The van der Waals surface area contributed by atoms with Gasteiger partial charge in [0.2, 0.25) is 0 Å². The predicted molar refractivity (Wildman–Crippen MR) is 52.9 cm³/mol. The lowest BCUT2D eigenvalue weighted by Crippen LogP contribution is -2.34. The minimum absolute atomic E-state index is 0.324. The van der Waals surface area contributed by atoms with Gasteiger partial charge in [0, 0.05) is 19.4 Å².